The highest BCUT2D eigenvalue weighted by atomic mass is 16.7. The van der Waals surface area contributed by atoms with Crippen molar-refractivity contribution in [3.05, 3.63) is 23.8 Å². The van der Waals surface area contributed by atoms with Crippen LogP contribution in [0.5, 0.6) is 11.5 Å². The fraction of sp³-hybridized carbons (Fsp3) is 0.647. The molecule has 1 fully saturated rings. The summed E-state index contributed by atoms with van der Waals surface area (Å²) in [6.45, 7) is 3.30. The maximum atomic E-state index is 6.07. The summed E-state index contributed by atoms with van der Waals surface area (Å²) < 4.78 is 10.9. The molecular weight excluding hydrogens is 264 g/mol. The Morgan fingerprint density at radius 3 is 2.62 bits per heavy atom. The molecule has 1 aliphatic heterocycles. The number of rotatable bonds is 4. The third-order valence-electron chi connectivity index (χ3n) is 5.06. The van der Waals surface area contributed by atoms with Crippen LogP contribution in [0.2, 0.25) is 0 Å². The fourth-order valence-electron chi connectivity index (χ4n) is 3.56. The van der Waals surface area contributed by atoms with E-state index < -0.39 is 0 Å². The van der Waals surface area contributed by atoms with Crippen LogP contribution in [0.4, 0.5) is 0 Å². The summed E-state index contributed by atoms with van der Waals surface area (Å²) >= 11 is 0. The Balaban J connectivity index is 1.74. The third-order valence-corrected chi connectivity index (χ3v) is 5.06. The van der Waals surface area contributed by atoms with Crippen LogP contribution in [-0.2, 0) is 0 Å². The molecule has 2 N–H and O–H groups in total. The first-order valence-electron chi connectivity index (χ1n) is 8.00. The molecule has 0 radical (unpaired) electrons. The lowest BCUT2D eigenvalue weighted by Gasteiger charge is -2.38. The van der Waals surface area contributed by atoms with E-state index in [-0.39, 0.29) is 6.04 Å². The molecule has 1 aliphatic carbocycles. The lowest BCUT2D eigenvalue weighted by molar-refractivity contribution is 0.126. The van der Waals surface area contributed by atoms with Gasteiger partial charge in [-0.25, -0.2) is 0 Å². The lowest BCUT2D eigenvalue weighted by Crippen LogP contribution is -2.40. The molecule has 116 valence electrons. The van der Waals surface area contributed by atoms with Crippen LogP contribution in [0.3, 0.4) is 0 Å². The van der Waals surface area contributed by atoms with Crippen molar-refractivity contribution in [2.75, 3.05) is 20.4 Å². The van der Waals surface area contributed by atoms with E-state index in [1.165, 1.54) is 31.2 Å². The molecule has 1 saturated carbocycles. The van der Waals surface area contributed by atoms with Crippen LogP contribution in [0.15, 0.2) is 18.2 Å². The summed E-state index contributed by atoms with van der Waals surface area (Å²) in [5, 5.41) is 0. The summed E-state index contributed by atoms with van der Waals surface area (Å²) in [4.78, 5) is 2.46. The number of nitrogens with two attached hydrogens (primary N) is 1. The van der Waals surface area contributed by atoms with Crippen LogP contribution in [-0.4, -0.2) is 31.3 Å². The van der Waals surface area contributed by atoms with Crippen molar-refractivity contribution in [1.29, 1.82) is 0 Å². The molecule has 1 heterocycles. The van der Waals surface area contributed by atoms with E-state index in [0.29, 0.717) is 19.4 Å². The Bertz CT molecular complexity index is 484. The predicted octanol–water partition coefficient (Wildman–Crippen LogP) is 2.93. The summed E-state index contributed by atoms with van der Waals surface area (Å²) in [5.74, 6) is 2.55. The quantitative estimate of drug-likeness (QED) is 0.926. The Kier molecular flexibility index (Phi) is 4.36. The summed E-state index contributed by atoms with van der Waals surface area (Å²) in [5.41, 5.74) is 7.30. The van der Waals surface area contributed by atoms with Gasteiger partial charge in [-0.3, -0.25) is 4.90 Å². The highest BCUT2D eigenvalue weighted by molar-refractivity contribution is 5.45. The number of fused-ring (bicyclic) bond motifs is 1. The highest BCUT2D eigenvalue weighted by Crippen LogP contribution is 2.36. The number of nitrogens with zero attached hydrogens (tertiary/aromatic N) is 1. The molecule has 0 spiro atoms. The molecule has 0 bridgehead atoms. The molecule has 1 aromatic carbocycles. The molecule has 3 rings (SSSR count). The van der Waals surface area contributed by atoms with E-state index in [2.05, 4.69) is 31.0 Å². The zero-order chi connectivity index (χ0) is 14.8. The number of benzene rings is 1. The summed E-state index contributed by atoms with van der Waals surface area (Å²) in [6, 6.07) is 7.09. The Morgan fingerprint density at radius 1 is 1.19 bits per heavy atom. The normalized spacial score (nSPS) is 26.1. The van der Waals surface area contributed by atoms with Gasteiger partial charge in [-0.15, -0.1) is 0 Å². The van der Waals surface area contributed by atoms with Gasteiger partial charge < -0.3 is 15.2 Å². The van der Waals surface area contributed by atoms with Crippen molar-refractivity contribution >= 4 is 0 Å². The second-order valence-corrected chi connectivity index (χ2v) is 6.44. The van der Waals surface area contributed by atoms with Gasteiger partial charge in [0, 0.05) is 18.6 Å². The SMILES string of the molecule is CC1CCC(N(C)C(CN)c2ccc3c(c2)OCO3)CC1. The van der Waals surface area contributed by atoms with Gasteiger partial charge in [0.05, 0.1) is 0 Å². The number of hydrogen-bond acceptors (Lipinski definition) is 4. The monoisotopic (exact) mass is 290 g/mol. The van der Waals surface area contributed by atoms with Crippen molar-refractivity contribution in [1.82, 2.24) is 4.90 Å². The van der Waals surface area contributed by atoms with Gasteiger partial charge in [0.2, 0.25) is 6.79 Å². The first kappa shape index (κ1) is 14.7. The van der Waals surface area contributed by atoms with Crippen LogP contribution >= 0.6 is 0 Å². The van der Waals surface area contributed by atoms with Crippen LogP contribution in [0.25, 0.3) is 0 Å². The van der Waals surface area contributed by atoms with E-state index in [1.54, 1.807) is 0 Å². The summed E-state index contributed by atoms with van der Waals surface area (Å²) in [6.07, 6.45) is 5.21. The van der Waals surface area contributed by atoms with Crippen molar-refractivity contribution in [2.45, 2.75) is 44.7 Å². The Hall–Kier alpha value is -1.26. The zero-order valence-electron chi connectivity index (χ0n) is 13.0. The minimum absolute atomic E-state index is 0.248. The van der Waals surface area contributed by atoms with Crippen molar-refractivity contribution < 1.29 is 9.47 Å². The second kappa shape index (κ2) is 6.24. The average molecular weight is 290 g/mol. The smallest absolute Gasteiger partial charge is 0.231 e. The third kappa shape index (κ3) is 3.01. The van der Waals surface area contributed by atoms with Crippen molar-refractivity contribution in [3.63, 3.8) is 0 Å². The van der Waals surface area contributed by atoms with Gasteiger partial charge >= 0.3 is 0 Å². The largest absolute Gasteiger partial charge is 0.454 e. The van der Waals surface area contributed by atoms with E-state index in [4.69, 9.17) is 15.2 Å². The molecule has 4 nitrogen and oxygen atoms in total. The van der Waals surface area contributed by atoms with Gasteiger partial charge in [-0.1, -0.05) is 13.0 Å². The predicted molar refractivity (Wildman–Crippen MR) is 83.5 cm³/mol. The van der Waals surface area contributed by atoms with Gasteiger partial charge in [-0.05, 0) is 56.3 Å². The maximum Gasteiger partial charge on any atom is 0.231 e. The molecule has 0 saturated heterocycles. The maximum absolute atomic E-state index is 6.07. The Morgan fingerprint density at radius 2 is 1.90 bits per heavy atom. The standard InChI is InChI=1S/C17H26N2O2/c1-12-3-6-14(7-4-12)19(2)15(10-18)13-5-8-16-17(9-13)21-11-20-16/h5,8-9,12,14-15H,3-4,6-7,10-11,18H2,1-2H3. The average Bonchev–Trinajstić information content (AvgIpc) is 2.96. The van der Waals surface area contributed by atoms with Gasteiger partial charge in [-0.2, -0.15) is 0 Å². The lowest BCUT2D eigenvalue weighted by atomic mass is 9.86. The molecule has 21 heavy (non-hydrogen) atoms. The minimum atomic E-state index is 0.248. The van der Waals surface area contributed by atoms with Crippen LogP contribution < -0.4 is 15.2 Å². The second-order valence-electron chi connectivity index (χ2n) is 6.44. The van der Waals surface area contributed by atoms with E-state index >= 15 is 0 Å². The van der Waals surface area contributed by atoms with Crippen molar-refractivity contribution in [3.8, 4) is 11.5 Å². The van der Waals surface area contributed by atoms with Crippen molar-refractivity contribution in [2.24, 2.45) is 11.7 Å². The molecular formula is C17H26N2O2. The van der Waals surface area contributed by atoms with E-state index in [9.17, 15) is 0 Å². The molecule has 1 atom stereocenters. The van der Waals surface area contributed by atoms with Gasteiger partial charge in [0.1, 0.15) is 0 Å². The molecule has 0 amide bonds. The first-order chi connectivity index (χ1) is 10.2. The fourth-order valence-corrected chi connectivity index (χ4v) is 3.56. The van der Waals surface area contributed by atoms with Gasteiger partial charge in [0.25, 0.3) is 0 Å². The van der Waals surface area contributed by atoms with Gasteiger partial charge in [0.15, 0.2) is 11.5 Å². The molecule has 0 aromatic heterocycles. The highest BCUT2D eigenvalue weighted by Gasteiger charge is 2.27. The number of ether oxygens (including phenoxy) is 2. The van der Waals surface area contributed by atoms with E-state index in [1.807, 2.05) is 6.07 Å². The minimum Gasteiger partial charge on any atom is -0.454 e. The molecule has 1 unspecified atom stereocenters. The number of likely N-dealkylation sites (N-methyl/N-ethyl adjacent to an activating group) is 1. The first-order valence-corrected chi connectivity index (χ1v) is 8.00. The molecule has 2 aliphatic rings. The van der Waals surface area contributed by atoms with E-state index in [0.717, 1.165) is 17.4 Å². The number of hydrogen-bond donors (Lipinski definition) is 1. The zero-order valence-corrected chi connectivity index (χ0v) is 13.0. The Labute approximate surface area is 127 Å². The molecule has 1 aromatic rings. The topological polar surface area (TPSA) is 47.7 Å². The van der Waals surface area contributed by atoms with Crippen LogP contribution in [0.1, 0.15) is 44.2 Å². The summed E-state index contributed by atoms with van der Waals surface area (Å²) in [7, 11) is 2.21. The molecule has 4 heteroatoms. The van der Waals surface area contributed by atoms with Crippen LogP contribution in [0, 0.1) is 5.92 Å².